The van der Waals surface area contributed by atoms with Crippen molar-refractivity contribution in [3.63, 3.8) is 0 Å². The summed E-state index contributed by atoms with van der Waals surface area (Å²) in [6, 6.07) is 8.40. The van der Waals surface area contributed by atoms with E-state index in [1.54, 1.807) is 5.38 Å². The van der Waals surface area contributed by atoms with Crippen LogP contribution >= 0.6 is 23.1 Å². The van der Waals surface area contributed by atoms with Gasteiger partial charge >= 0.3 is 5.97 Å². The number of likely N-dealkylation sites (tertiary alicyclic amines) is 1. The lowest BCUT2D eigenvalue weighted by Gasteiger charge is -2.25. The first-order valence-corrected chi connectivity index (χ1v) is 10.3. The van der Waals surface area contributed by atoms with E-state index in [1.807, 2.05) is 17.0 Å². The Morgan fingerprint density at radius 2 is 2.35 bits per heavy atom. The van der Waals surface area contributed by atoms with Crippen LogP contribution in [0.25, 0.3) is 0 Å². The van der Waals surface area contributed by atoms with Crippen LogP contribution in [0.3, 0.4) is 0 Å². The molecule has 1 atom stereocenters. The summed E-state index contributed by atoms with van der Waals surface area (Å²) in [7, 11) is 0. The third kappa shape index (κ3) is 4.76. The number of thioether (sulfide) groups is 1. The Bertz CT molecular complexity index is 793. The number of benzene rings is 1. The van der Waals surface area contributed by atoms with Crippen molar-refractivity contribution in [2.45, 2.75) is 30.1 Å². The number of hydrogen-bond donors (Lipinski definition) is 2. The van der Waals surface area contributed by atoms with E-state index >= 15 is 0 Å². The van der Waals surface area contributed by atoms with Crippen LogP contribution in [0.4, 0.5) is 5.69 Å². The van der Waals surface area contributed by atoms with E-state index in [2.05, 4.69) is 29.4 Å². The number of thiazole rings is 1. The summed E-state index contributed by atoms with van der Waals surface area (Å²) >= 11 is 2.82. The maximum Gasteiger partial charge on any atom is 0.355 e. The lowest BCUT2D eigenvalue weighted by atomic mass is 10.2. The van der Waals surface area contributed by atoms with Crippen LogP contribution in [0.2, 0.25) is 0 Å². The van der Waals surface area contributed by atoms with Crippen LogP contribution in [0, 0.1) is 6.92 Å². The van der Waals surface area contributed by atoms with Gasteiger partial charge in [0.15, 0.2) is 10.0 Å². The van der Waals surface area contributed by atoms with E-state index in [-0.39, 0.29) is 17.6 Å². The zero-order chi connectivity index (χ0) is 18.5. The van der Waals surface area contributed by atoms with Gasteiger partial charge in [0.05, 0.1) is 0 Å². The minimum absolute atomic E-state index is 0.0787. The summed E-state index contributed by atoms with van der Waals surface area (Å²) < 4.78 is 0.725. The number of rotatable bonds is 8. The number of aromatic nitrogens is 1. The van der Waals surface area contributed by atoms with Gasteiger partial charge < -0.3 is 15.3 Å². The standard InChI is InChI=1S/C18H21N3O3S2/c1-12-3-2-4-13(9-12)19-10-14-5-6-16(22)21(14)7-8-25-18-20-15(11-26-18)17(23)24/h2-4,9,11,14,19H,5-8,10H2,1H3,(H,23,24). The Hall–Kier alpha value is -2.06. The van der Waals surface area contributed by atoms with Gasteiger partial charge in [-0.15, -0.1) is 11.3 Å². The SMILES string of the molecule is Cc1cccc(NCC2CCC(=O)N2CCSc2nc(C(=O)O)cs2)c1. The van der Waals surface area contributed by atoms with E-state index in [0.717, 1.165) is 23.0 Å². The first-order chi connectivity index (χ1) is 12.5. The first-order valence-electron chi connectivity index (χ1n) is 8.44. The van der Waals surface area contributed by atoms with E-state index in [1.165, 1.54) is 28.7 Å². The summed E-state index contributed by atoms with van der Waals surface area (Å²) in [5, 5.41) is 13.9. The van der Waals surface area contributed by atoms with Gasteiger partial charge in [-0.05, 0) is 31.0 Å². The molecule has 0 aliphatic carbocycles. The predicted molar refractivity (Wildman–Crippen MR) is 104 cm³/mol. The number of amides is 1. The smallest absolute Gasteiger partial charge is 0.355 e. The van der Waals surface area contributed by atoms with Crippen LogP contribution in [0.15, 0.2) is 34.0 Å². The van der Waals surface area contributed by atoms with Crippen LogP contribution in [-0.4, -0.2) is 51.8 Å². The maximum absolute atomic E-state index is 12.2. The number of nitrogens with zero attached hydrogens (tertiary/aromatic N) is 2. The zero-order valence-electron chi connectivity index (χ0n) is 14.5. The number of carboxylic acids is 1. The molecule has 6 nitrogen and oxygen atoms in total. The number of carboxylic acid groups (broad SMARTS) is 1. The van der Waals surface area contributed by atoms with Gasteiger partial charge in [0.2, 0.25) is 5.91 Å². The number of carbonyl (C=O) groups is 2. The van der Waals surface area contributed by atoms with Gasteiger partial charge in [-0.25, -0.2) is 9.78 Å². The molecule has 2 heterocycles. The Morgan fingerprint density at radius 3 is 3.08 bits per heavy atom. The average Bonchev–Trinajstić information content (AvgIpc) is 3.21. The molecule has 0 saturated carbocycles. The van der Waals surface area contributed by atoms with Crippen molar-refractivity contribution in [1.82, 2.24) is 9.88 Å². The van der Waals surface area contributed by atoms with Crippen molar-refractivity contribution in [3.8, 4) is 0 Å². The lowest BCUT2D eigenvalue weighted by Crippen LogP contribution is -2.39. The highest BCUT2D eigenvalue weighted by molar-refractivity contribution is 8.01. The molecule has 2 N–H and O–H groups in total. The van der Waals surface area contributed by atoms with Gasteiger partial charge in [0.25, 0.3) is 0 Å². The monoisotopic (exact) mass is 391 g/mol. The third-order valence-electron chi connectivity index (χ3n) is 4.27. The quantitative estimate of drug-likeness (QED) is 0.672. The molecule has 1 aromatic heterocycles. The van der Waals surface area contributed by atoms with Crippen LogP contribution in [0.1, 0.15) is 28.9 Å². The third-order valence-corrected chi connectivity index (χ3v) is 6.27. The fraction of sp³-hybridized carbons (Fsp3) is 0.389. The average molecular weight is 392 g/mol. The number of anilines is 1. The molecular weight excluding hydrogens is 370 g/mol. The molecule has 1 aliphatic rings. The Kier molecular flexibility index (Phi) is 6.16. The predicted octanol–water partition coefficient (Wildman–Crippen LogP) is 3.34. The van der Waals surface area contributed by atoms with Crippen LogP contribution in [0.5, 0.6) is 0 Å². The second-order valence-corrected chi connectivity index (χ2v) is 8.38. The summed E-state index contributed by atoms with van der Waals surface area (Å²) in [6.45, 7) is 3.44. The molecule has 1 fully saturated rings. The largest absolute Gasteiger partial charge is 0.476 e. The minimum atomic E-state index is -1.01. The molecule has 3 rings (SSSR count). The molecule has 26 heavy (non-hydrogen) atoms. The molecule has 1 aliphatic heterocycles. The first kappa shape index (κ1) is 18.7. The van der Waals surface area contributed by atoms with Crippen molar-refractivity contribution in [2.24, 2.45) is 0 Å². The van der Waals surface area contributed by atoms with Gasteiger partial charge in [-0.3, -0.25) is 4.79 Å². The highest BCUT2D eigenvalue weighted by Crippen LogP contribution is 2.25. The Labute approximate surface area is 160 Å². The molecule has 8 heteroatoms. The van der Waals surface area contributed by atoms with E-state index in [0.29, 0.717) is 18.7 Å². The number of hydrogen-bond acceptors (Lipinski definition) is 6. The maximum atomic E-state index is 12.2. The normalized spacial score (nSPS) is 16.9. The molecule has 1 aromatic carbocycles. The molecule has 138 valence electrons. The van der Waals surface area contributed by atoms with Crippen LogP contribution < -0.4 is 5.32 Å². The summed E-state index contributed by atoms with van der Waals surface area (Å²) in [5.74, 6) is -0.115. The van der Waals surface area contributed by atoms with Crippen LogP contribution in [-0.2, 0) is 4.79 Å². The molecule has 2 aromatic rings. The van der Waals surface area contributed by atoms with Gasteiger partial charge in [0, 0.05) is 42.4 Å². The van der Waals surface area contributed by atoms with Gasteiger partial charge in [-0.2, -0.15) is 0 Å². The number of aryl methyl sites for hydroxylation is 1. The zero-order valence-corrected chi connectivity index (χ0v) is 16.1. The fourth-order valence-corrected chi connectivity index (χ4v) is 4.77. The topological polar surface area (TPSA) is 82.5 Å². The van der Waals surface area contributed by atoms with Crippen molar-refractivity contribution in [3.05, 3.63) is 40.9 Å². The number of nitrogens with one attached hydrogen (secondary N) is 1. The Morgan fingerprint density at radius 1 is 1.50 bits per heavy atom. The minimum Gasteiger partial charge on any atom is -0.476 e. The second kappa shape index (κ2) is 8.55. The fourth-order valence-electron chi connectivity index (χ4n) is 2.96. The highest BCUT2D eigenvalue weighted by atomic mass is 32.2. The number of carbonyl (C=O) groups excluding carboxylic acids is 1. The lowest BCUT2D eigenvalue weighted by molar-refractivity contribution is -0.128. The molecule has 0 radical (unpaired) electrons. The Balaban J connectivity index is 1.50. The van der Waals surface area contributed by atoms with E-state index in [9.17, 15) is 9.59 Å². The summed E-state index contributed by atoms with van der Waals surface area (Å²) in [5.41, 5.74) is 2.35. The van der Waals surface area contributed by atoms with E-state index in [4.69, 9.17) is 5.11 Å². The van der Waals surface area contributed by atoms with Crippen molar-refractivity contribution >= 4 is 40.7 Å². The van der Waals surface area contributed by atoms with Gasteiger partial charge in [0.1, 0.15) is 0 Å². The van der Waals surface area contributed by atoms with E-state index < -0.39 is 5.97 Å². The van der Waals surface area contributed by atoms with Crippen molar-refractivity contribution in [1.29, 1.82) is 0 Å². The van der Waals surface area contributed by atoms with Crippen molar-refractivity contribution in [2.75, 3.05) is 24.2 Å². The summed E-state index contributed by atoms with van der Waals surface area (Å²) in [6.07, 6.45) is 1.45. The second-order valence-electron chi connectivity index (χ2n) is 6.18. The highest BCUT2D eigenvalue weighted by Gasteiger charge is 2.30. The van der Waals surface area contributed by atoms with Gasteiger partial charge in [-0.1, -0.05) is 23.9 Å². The molecule has 0 spiro atoms. The number of aromatic carboxylic acids is 1. The molecular formula is C18H21N3O3S2. The molecule has 1 saturated heterocycles. The molecule has 1 amide bonds. The molecule has 0 bridgehead atoms. The molecule has 1 unspecified atom stereocenters. The summed E-state index contributed by atoms with van der Waals surface area (Å²) in [4.78, 5) is 29.0. The van der Waals surface area contributed by atoms with Crippen molar-refractivity contribution < 1.29 is 14.7 Å².